The molecular formula is C17H17NO4S. The molecule has 0 aromatic heterocycles. The van der Waals surface area contributed by atoms with Crippen LogP contribution in [0.3, 0.4) is 0 Å². The van der Waals surface area contributed by atoms with Gasteiger partial charge in [-0.1, -0.05) is 12.1 Å². The lowest BCUT2D eigenvalue weighted by Crippen LogP contribution is -2.30. The zero-order valence-corrected chi connectivity index (χ0v) is 13.6. The molecule has 1 heterocycles. The average molecular weight is 331 g/mol. The summed E-state index contributed by atoms with van der Waals surface area (Å²) in [7, 11) is 3.17. The molecule has 0 aliphatic carbocycles. The summed E-state index contributed by atoms with van der Waals surface area (Å²) in [6.45, 7) is 0. The number of anilines is 1. The van der Waals surface area contributed by atoms with E-state index in [9.17, 15) is 9.90 Å². The first-order valence-electron chi connectivity index (χ1n) is 7.10. The van der Waals surface area contributed by atoms with E-state index in [1.165, 1.54) is 11.8 Å². The van der Waals surface area contributed by atoms with Crippen molar-refractivity contribution in [2.24, 2.45) is 0 Å². The third-order valence-corrected chi connectivity index (χ3v) is 5.09. The molecule has 0 fully saturated rings. The quantitative estimate of drug-likeness (QED) is 0.905. The Labute approximate surface area is 138 Å². The van der Waals surface area contributed by atoms with Gasteiger partial charge in [0.05, 0.1) is 25.2 Å². The predicted molar refractivity (Wildman–Crippen MR) is 89.2 cm³/mol. The molecule has 0 unspecified atom stereocenters. The van der Waals surface area contributed by atoms with Gasteiger partial charge in [-0.25, -0.2) is 0 Å². The number of nitrogens with one attached hydrogen (secondary N) is 1. The summed E-state index contributed by atoms with van der Waals surface area (Å²) in [5.74, 6) is 0.962. The van der Waals surface area contributed by atoms with Gasteiger partial charge in [0.2, 0.25) is 0 Å². The van der Waals surface area contributed by atoms with Crippen LogP contribution >= 0.6 is 11.8 Å². The van der Waals surface area contributed by atoms with E-state index in [4.69, 9.17) is 9.47 Å². The molecule has 1 amide bonds. The molecule has 120 valence electrons. The monoisotopic (exact) mass is 331 g/mol. The molecule has 2 N–H and O–H groups in total. The molecular weight excluding hydrogens is 314 g/mol. The van der Waals surface area contributed by atoms with Crippen LogP contribution < -0.4 is 14.8 Å². The lowest BCUT2D eigenvalue weighted by Gasteiger charge is -2.19. The lowest BCUT2D eigenvalue weighted by molar-refractivity contribution is -0.124. The number of aliphatic hydroxyl groups is 1. The van der Waals surface area contributed by atoms with E-state index in [2.05, 4.69) is 5.32 Å². The van der Waals surface area contributed by atoms with Crippen molar-refractivity contribution in [3.63, 3.8) is 0 Å². The van der Waals surface area contributed by atoms with Crippen molar-refractivity contribution >= 4 is 23.4 Å². The second kappa shape index (κ2) is 6.52. The highest BCUT2D eigenvalue weighted by Gasteiger charge is 2.32. The van der Waals surface area contributed by atoms with Gasteiger partial charge in [-0.2, -0.15) is 0 Å². The standard InChI is InChI=1S/C17H17NO4S/c1-21-11-5-3-10(4-6-11)16-15(19)17(20)18-13-9-12(22-2)7-8-14(13)23-16/h3-9,15-16,19H,1-2H3,(H,18,20)/t15-,16+/m1/s1. The summed E-state index contributed by atoms with van der Waals surface area (Å²) in [5, 5.41) is 12.8. The summed E-state index contributed by atoms with van der Waals surface area (Å²) < 4.78 is 10.3. The van der Waals surface area contributed by atoms with Crippen molar-refractivity contribution in [2.45, 2.75) is 16.2 Å². The summed E-state index contributed by atoms with van der Waals surface area (Å²) in [6.07, 6.45) is -1.15. The largest absolute Gasteiger partial charge is 0.497 e. The van der Waals surface area contributed by atoms with E-state index in [0.29, 0.717) is 11.4 Å². The van der Waals surface area contributed by atoms with Gasteiger partial charge >= 0.3 is 0 Å². The van der Waals surface area contributed by atoms with Crippen LogP contribution in [0.4, 0.5) is 5.69 Å². The van der Waals surface area contributed by atoms with Gasteiger partial charge in [-0.3, -0.25) is 4.79 Å². The van der Waals surface area contributed by atoms with Gasteiger partial charge < -0.3 is 19.9 Å². The number of fused-ring (bicyclic) bond motifs is 1. The second-order valence-electron chi connectivity index (χ2n) is 5.11. The molecule has 3 rings (SSSR count). The molecule has 0 radical (unpaired) electrons. The van der Waals surface area contributed by atoms with E-state index in [0.717, 1.165) is 16.2 Å². The minimum atomic E-state index is -1.15. The highest BCUT2D eigenvalue weighted by atomic mass is 32.2. The third kappa shape index (κ3) is 3.13. The number of amides is 1. The van der Waals surface area contributed by atoms with Crippen LogP contribution in [0.1, 0.15) is 10.8 Å². The van der Waals surface area contributed by atoms with Crippen LogP contribution in [0.15, 0.2) is 47.4 Å². The minimum Gasteiger partial charge on any atom is -0.497 e. The number of hydrogen-bond donors (Lipinski definition) is 2. The van der Waals surface area contributed by atoms with Gasteiger partial charge in [0.25, 0.3) is 5.91 Å². The van der Waals surface area contributed by atoms with E-state index in [1.807, 2.05) is 36.4 Å². The Morgan fingerprint density at radius 2 is 1.70 bits per heavy atom. The number of carbonyl (C=O) groups excluding carboxylic acids is 1. The normalized spacial score (nSPS) is 20.2. The zero-order chi connectivity index (χ0) is 16.4. The fourth-order valence-electron chi connectivity index (χ4n) is 2.43. The lowest BCUT2D eigenvalue weighted by atomic mass is 10.1. The van der Waals surface area contributed by atoms with Gasteiger partial charge in [0.15, 0.2) is 0 Å². The number of benzene rings is 2. The average Bonchev–Trinajstić information content (AvgIpc) is 2.71. The van der Waals surface area contributed by atoms with Gasteiger partial charge in [0.1, 0.15) is 17.6 Å². The van der Waals surface area contributed by atoms with E-state index < -0.39 is 17.3 Å². The number of methoxy groups -OCH3 is 2. The van der Waals surface area contributed by atoms with Gasteiger partial charge in [-0.15, -0.1) is 11.8 Å². The van der Waals surface area contributed by atoms with Crippen LogP contribution in [0.5, 0.6) is 11.5 Å². The summed E-state index contributed by atoms with van der Waals surface area (Å²) in [4.78, 5) is 13.1. The molecule has 2 aromatic rings. The van der Waals surface area contributed by atoms with Crippen LogP contribution in [0.25, 0.3) is 0 Å². The van der Waals surface area contributed by atoms with Gasteiger partial charge in [0, 0.05) is 11.0 Å². The molecule has 1 aliphatic rings. The van der Waals surface area contributed by atoms with E-state index >= 15 is 0 Å². The molecule has 2 atom stereocenters. The summed E-state index contributed by atoms with van der Waals surface area (Å²) in [6, 6.07) is 12.8. The van der Waals surface area contributed by atoms with Crippen molar-refractivity contribution in [2.75, 3.05) is 19.5 Å². The summed E-state index contributed by atoms with van der Waals surface area (Å²) in [5.41, 5.74) is 1.51. The Bertz CT molecular complexity index is 717. The smallest absolute Gasteiger partial charge is 0.254 e. The van der Waals surface area contributed by atoms with Crippen LogP contribution in [-0.2, 0) is 4.79 Å². The minimum absolute atomic E-state index is 0.393. The molecule has 2 aromatic carbocycles. The van der Waals surface area contributed by atoms with Crippen molar-refractivity contribution in [3.8, 4) is 11.5 Å². The third-order valence-electron chi connectivity index (χ3n) is 3.70. The predicted octanol–water partition coefficient (Wildman–Crippen LogP) is 2.85. The Balaban J connectivity index is 1.97. The Morgan fingerprint density at radius 1 is 1.04 bits per heavy atom. The molecule has 0 saturated carbocycles. The van der Waals surface area contributed by atoms with Crippen molar-refractivity contribution in [1.82, 2.24) is 0 Å². The topological polar surface area (TPSA) is 67.8 Å². The number of thioether (sulfide) groups is 1. The maximum absolute atomic E-state index is 12.2. The fourth-order valence-corrected chi connectivity index (χ4v) is 3.63. The van der Waals surface area contributed by atoms with Crippen molar-refractivity contribution in [3.05, 3.63) is 48.0 Å². The van der Waals surface area contributed by atoms with Crippen molar-refractivity contribution in [1.29, 1.82) is 0 Å². The van der Waals surface area contributed by atoms with Crippen molar-refractivity contribution < 1.29 is 19.4 Å². The number of ether oxygens (including phenoxy) is 2. The highest BCUT2D eigenvalue weighted by molar-refractivity contribution is 7.99. The number of carbonyl (C=O) groups is 1. The number of hydrogen-bond acceptors (Lipinski definition) is 5. The molecule has 23 heavy (non-hydrogen) atoms. The van der Waals surface area contributed by atoms with E-state index in [1.54, 1.807) is 20.3 Å². The first-order chi connectivity index (χ1) is 11.1. The van der Waals surface area contributed by atoms with Crippen LogP contribution in [-0.4, -0.2) is 31.3 Å². The molecule has 1 aliphatic heterocycles. The number of rotatable bonds is 3. The molecule has 0 saturated heterocycles. The van der Waals surface area contributed by atoms with Crippen LogP contribution in [0, 0.1) is 0 Å². The maximum atomic E-state index is 12.2. The zero-order valence-electron chi connectivity index (χ0n) is 12.8. The first kappa shape index (κ1) is 15.7. The summed E-state index contributed by atoms with van der Waals surface area (Å²) >= 11 is 1.45. The number of aliphatic hydroxyl groups excluding tert-OH is 1. The Kier molecular flexibility index (Phi) is 4.45. The van der Waals surface area contributed by atoms with E-state index in [-0.39, 0.29) is 0 Å². The molecule has 0 bridgehead atoms. The molecule has 0 spiro atoms. The highest BCUT2D eigenvalue weighted by Crippen LogP contribution is 2.44. The molecule has 6 heteroatoms. The fraction of sp³-hybridized carbons (Fsp3) is 0.235. The Hall–Kier alpha value is -2.18. The van der Waals surface area contributed by atoms with Gasteiger partial charge in [-0.05, 0) is 29.8 Å². The SMILES string of the molecule is COc1ccc([C@@H]2Sc3ccc(OC)cc3NC(=O)[C@@H]2O)cc1. The Morgan fingerprint density at radius 3 is 2.35 bits per heavy atom. The first-order valence-corrected chi connectivity index (χ1v) is 7.98. The maximum Gasteiger partial charge on any atom is 0.254 e. The second-order valence-corrected chi connectivity index (χ2v) is 6.29. The molecule has 5 nitrogen and oxygen atoms in total. The van der Waals surface area contributed by atoms with Crippen LogP contribution in [0.2, 0.25) is 0 Å².